The SMILES string of the molecule is COC(=O)[C@H]1OC(O)(c2ccccc2C(=O)OCc2ccccc2)[C@H](OC(C)=O)[C@@H](OC(C)=O)[C@@H]1OC(C)=O. The second-order valence-electron chi connectivity index (χ2n) is 8.54. The molecule has 1 fully saturated rings. The first-order valence-corrected chi connectivity index (χ1v) is 11.8. The van der Waals surface area contributed by atoms with Crippen molar-refractivity contribution in [2.75, 3.05) is 7.11 Å². The van der Waals surface area contributed by atoms with Gasteiger partial charge in [-0.2, -0.15) is 0 Å². The maximum Gasteiger partial charge on any atom is 0.339 e. The van der Waals surface area contributed by atoms with Crippen LogP contribution >= 0.6 is 0 Å². The highest BCUT2D eigenvalue weighted by Crippen LogP contribution is 2.42. The van der Waals surface area contributed by atoms with Gasteiger partial charge < -0.3 is 33.5 Å². The van der Waals surface area contributed by atoms with Crippen molar-refractivity contribution in [2.24, 2.45) is 0 Å². The smallest absolute Gasteiger partial charge is 0.339 e. The third-order valence-corrected chi connectivity index (χ3v) is 5.69. The number of ether oxygens (including phenoxy) is 6. The first kappa shape index (κ1) is 29.3. The number of esters is 5. The Morgan fingerprint density at radius 3 is 1.97 bits per heavy atom. The van der Waals surface area contributed by atoms with E-state index in [2.05, 4.69) is 0 Å². The van der Waals surface area contributed by atoms with Gasteiger partial charge >= 0.3 is 29.8 Å². The number of hydrogen-bond acceptors (Lipinski definition) is 12. The molecular formula is C27H28O12. The van der Waals surface area contributed by atoms with Crippen LogP contribution in [0.15, 0.2) is 54.6 Å². The van der Waals surface area contributed by atoms with Crippen LogP contribution in [-0.4, -0.2) is 66.5 Å². The quantitative estimate of drug-likeness (QED) is 0.378. The van der Waals surface area contributed by atoms with E-state index < -0.39 is 60.0 Å². The van der Waals surface area contributed by atoms with Crippen molar-refractivity contribution in [1.82, 2.24) is 0 Å². The van der Waals surface area contributed by atoms with Crippen LogP contribution in [0.5, 0.6) is 0 Å². The van der Waals surface area contributed by atoms with Crippen LogP contribution in [-0.2, 0) is 60.0 Å². The number of carbonyl (C=O) groups is 5. The molecular weight excluding hydrogens is 516 g/mol. The van der Waals surface area contributed by atoms with Gasteiger partial charge in [-0.15, -0.1) is 0 Å². The minimum Gasteiger partial charge on any atom is -0.467 e. The van der Waals surface area contributed by atoms with E-state index in [4.69, 9.17) is 28.4 Å². The average Bonchev–Trinajstić information content (AvgIpc) is 2.90. The number of rotatable bonds is 8. The van der Waals surface area contributed by atoms with Crippen LogP contribution in [0.3, 0.4) is 0 Å². The molecule has 12 nitrogen and oxygen atoms in total. The number of hydrogen-bond donors (Lipinski definition) is 1. The topological polar surface area (TPSA) is 161 Å². The van der Waals surface area contributed by atoms with Crippen LogP contribution < -0.4 is 0 Å². The van der Waals surface area contributed by atoms with Crippen molar-refractivity contribution in [1.29, 1.82) is 0 Å². The standard InChI is InChI=1S/C27H28O12/c1-15(28)36-21-22(37-16(2)29)24(38-17(3)30)27(33,39-23(21)26(32)34-4)20-13-9-8-12-19(20)25(31)35-14-18-10-6-5-7-11-18/h5-13,21-24,33H,14H2,1-4H3/t21-,22-,23-,24+,27?/m0/s1. The van der Waals surface area contributed by atoms with Crippen molar-refractivity contribution < 1.29 is 57.5 Å². The molecule has 208 valence electrons. The van der Waals surface area contributed by atoms with Crippen molar-refractivity contribution >= 4 is 29.8 Å². The molecule has 3 rings (SSSR count). The van der Waals surface area contributed by atoms with E-state index >= 15 is 0 Å². The predicted molar refractivity (Wildman–Crippen MR) is 129 cm³/mol. The summed E-state index contributed by atoms with van der Waals surface area (Å²) < 4.78 is 31.7. The van der Waals surface area contributed by atoms with Gasteiger partial charge in [0.05, 0.1) is 12.7 Å². The third-order valence-electron chi connectivity index (χ3n) is 5.69. The summed E-state index contributed by atoms with van der Waals surface area (Å²) >= 11 is 0. The Balaban J connectivity index is 2.14. The molecule has 2 aromatic rings. The number of carbonyl (C=O) groups excluding carboxylic acids is 5. The minimum absolute atomic E-state index is 0.101. The fraction of sp³-hybridized carbons (Fsp3) is 0.370. The summed E-state index contributed by atoms with van der Waals surface area (Å²) in [5, 5.41) is 12.0. The summed E-state index contributed by atoms with van der Waals surface area (Å²) in [4.78, 5) is 61.9. The monoisotopic (exact) mass is 544 g/mol. The number of methoxy groups -OCH3 is 1. The highest BCUT2D eigenvalue weighted by atomic mass is 16.7. The molecule has 12 heteroatoms. The molecule has 39 heavy (non-hydrogen) atoms. The van der Waals surface area contributed by atoms with Gasteiger partial charge in [-0.3, -0.25) is 14.4 Å². The fourth-order valence-corrected chi connectivity index (χ4v) is 4.15. The summed E-state index contributed by atoms with van der Waals surface area (Å²) in [7, 11) is 1.02. The Kier molecular flexibility index (Phi) is 9.38. The predicted octanol–water partition coefficient (Wildman–Crippen LogP) is 1.56. The highest BCUT2D eigenvalue weighted by Gasteiger charge is 2.63. The van der Waals surface area contributed by atoms with Gasteiger partial charge in [0.15, 0.2) is 18.3 Å². The van der Waals surface area contributed by atoms with Crippen molar-refractivity contribution in [2.45, 2.75) is 57.6 Å². The molecule has 0 spiro atoms. The molecule has 0 radical (unpaired) electrons. The molecule has 1 N–H and O–H groups in total. The summed E-state index contributed by atoms with van der Waals surface area (Å²) in [6, 6.07) is 14.3. The Bertz CT molecular complexity index is 1230. The zero-order valence-electron chi connectivity index (χ0n) is 21.7. The fourth-order valence-electron chi connectivity index (χ4n) is 4.15. The Morgan fingerprint density at radius 2 is 1.38 bits per heavy atom. The summed E-state index contributed by atoms with van der Waals surface area (Å²) in [5.74, 6) is -7.54. The molecule has 0 aliphatic carbocycles. The van der Waals surface area contributed by atoms with Crippen LogP contribution in [0.4, 0.5) is 0 Å². The molecule has 0 saturated carbocycles. The Morgan fingerprint density at radius 1 is 0.821 bits per heavy atom. The summed E-state index contributed by atoms with van der Waals surface area (Å²) in [5.41, 5.74) is 0.213. The molecule has 2 aromatic carbocycles. The molecule has 1 aliphatic rings. The van der Waals surface area contributed by atoms with Crippen molar-refractivity contribution in [3.05, 3.63) is 71.3 Å². The van der Waals surface area contributed by atoms with Crippen molar-refractivity contribution in [3.8, 4) is 0 Å². The van der Waals surface area contributed by atoms with E-state index in [1.165, 1.54) is 24.3 Å². The molecule has 1 unspecified atom stereocenters. The van der Waals surface area contributed by atoms with Gasteiger partial charge in [0.1, 0.15) is 6.61 Å². The molecule has 1 saturated heterocycles. The van der Waals surface area contributed by atoms with Crippen LogP contribution in [0.25, 0.3) is 0 Å². The first-order chi connectivity index (χ1) is 18.5. The normalized spacial score (nSPS) is 24.1. The van der Waals surface area contributed by atoms with Gasteiger partial charge in [-0.1, -0.05) is 48.5 Å². The lowest BCUT2D eigenvalue weighted by Crippen LogP contribution is -2.67. The van der Waals surface area contributed by atoms with E-state index in [0.717, 1.165) is 27.9 Å². The maximum atomic E-state index is 13.2. The highest BCUT2D eigenvalue weighted by molar-refractivity contribution is 5.91. The van der Waals surface area contributed by atoms with Crippen LogP contribution in [0.1, 0.15) is 42.3 Å². The molecule has 0 bridgehead atoms. The van der Waals surface area contributed by atoms with Crippen LogP contribution in [0.2, 0.25) is 0 Å². The lowest BCUT2D eigenvalue weighted by molar-refractivity contribution is -0.352. The first-order valence-electron chi connectivity index (χ1n) is 11.8. The van der Waals surface area contributed by atoms with Gasteiger partial charge in [-0.05, 0) is 11.6 Å². The van der Waals surface area contributed by atoms with E-state index in [0.29, 0.717) is 5.56 Å². The molecule has 5 atom stereocenters. The third kappa shape index (κ3) is 6.78. The zero-order valence-corrected chi connectivity index (χ0v) is 21.7. The van der Waals surface area contributed by atoms with E-state index in [1.54, 1.807) is 30.3 Å². The second kappa shape index (κ2) is 12.5. The molecule has 0 aromatic heterocycles. The van der Waals surface area contributed by atoms with Gasteiger partial charge in [0, 0.05) is 26.3 Å². The van der Waals surface area contributed by atoms with Crippen LogP contribution in [0, 0.1) is 0 Å². The van der Waals surface area contributed by atoms with E-state index in [-0.39, 0.29) is 17.7 Å². The number of benzene rings is 2. The molecule has 1 heterocycles. The van der Waals surface area contributed by atoms with Gasteiger partial charge in [0.25, 0.3) is 0 Å². The zero-order chi connectivity index (χ0) is 28.7. The minimum atomic E-state index is -2.79. The lowest BCUT2D eigenvalue weighted by atomic mass is 9.85. The Hall–Kier alpha value is -4.29. The molecule has 1 aliphatic heterocycles. The number of aliphatic hydroxyl groups is 1. The maximum absolute atomic E-state index is 13.2. The largest absolute Gasteiger partial charge is 0.467 e. The average molecular weight is 545 g/mol. The van der Waals surface area contributed by atoms with E-state index in [1.807, 2.05) is 0 Å². The van der Waals surface area contributed by atoms with E-state index in [9.17, 15) is 29.1 Å². The summed E-state index contributed by atoms with van der Waals surface area (Å²) in [6.45, 7) is 2.96. The van der Waals surface area contributed by atoms with Gasteiger partial charge in [-0.25, -0.2) is 9.59 Å². The van der Waals surface area contributed by atoms with Gasteiger partial charge in [0.2, 0.25) is 11.9 Å². The summed E-state index contributed by atoms with van der Waals surface area (Å²) in [6.07, 6.45) is -7.23. The second-order valence-corrected chi connectivity index (χ2v) is 8.54. The Labute approximate surface area is 223 Å². The van der Waals surface area contributed by atoms with Crippen molar-refractivity contribution in [3.63, 3.8) is 0 Å². The lowest BCUT2D eigenvalue weighted by Gasteiger charge is -2.48. The molecule has 0 amide bonds.